The first-order valence-corrected chi connectivity index (χ1v) is 8.26. The molecule has 7 heteroatoms. The molecule has 1 saturated carbocycles. The molecule has 2 aromatic carbocycles. The molecule has 0 bridgehead atoms. The van der Waals surface area contributed by atoms with Crippen molar-refractivity contribution in [3.8, 4) is 5.75 Å². The zero-order valence-electron chi connectivity index (χ0n) is 13.6. The Morgan fingerprint density at radius 2 is 1.96 bits per heavy atom. The summed E-state index contributed by atoms with van der Waals surface area (Å²) in [5.74, 6) is 0.796. The van der Waals surface area contributed by atoms with E-state index in [9.17, 15) is 14.9 Å². The molecule has 2 aromatic rings. The molecule has 1 unspecified atom stereocenters. The third kappa shape index (κ3) is 3.91. The van der Waals surface area contributed by atoms with Crippen LogP contribution in [0.2, 0.25) is 5.02 Å². The van der Waals surface area contributed by atoms with Crippen LogP contribution < -0.4 is 10.1 Å². The Kier molecular flexibility index (Phi) is 4.90. The third-order valence-electron chi connectivity index (χ3n) is 4.26. The fourth-order valence-electron chi connectivity index (χ4n) is 2.73. The monoisotopic (exact) mass is 360 g/mol. The van der Waals surface area contributed by atoms with Gasteiger partial charge in [-0.05, 0) is 42.5 Å². The van der Waals surface area contributed by atoms with E-state index >= 15 is 0 Å². The summed E-state index contributed by atoms with van der Waals surface area (Å²) in [6.45, 7) is 0. The van der Waals surface area contributed by atoms with E-state index in [1.807, 2.05) is 24.3 Å². The molecule has 0 heterocycles. The lowest BCUT2D eigenvalue weighted by molar-refractivity contribution is -0.384. The predicted molar refractivity (Wildman–Crippen MR) is 94.0 cm³/mol. The standard InChI is InChI=1S/C18H17ClN2O4/c1-25-14-7-4-12(5-8-14)17(11-2-3-11)20-18(22)15-9-6-13(21(23)24)10-16(15)19/h4-11,17H,2-3H2,1H3,(H,20,22). The molecule has 1 aliphatic carbocycles. The number of hydrogen-bond donors (Lipinski definition) is 1. The minimum absolute atomic E-state index is 0.0657. The van der Waals surface area contributed by atoms with Crippen molar-refractivity contribution in [1.82, 2.24) is 5.32 Å². The van der Waals surface area contributed by atoms with Crippen molar-refractivity contribution < 1.29 is 14.5 Å². The van der Waals surface area contributed by atoms with E-state index in [2.05, 4.69) is 5.32 Å². The largest absolute Gasteiger partial charge is 0.497 e. The summed E-state index contributed by atoms with van der Waals surface area (Å²) in [5, 5.41) is 13.9. The van der Waals surface area contributed by atoms with E-state index < -0.39 is 4.92 Å². The fraction of sp³-hybridized carbons (Fsp3) is 0.278. The molecular formula is C18H17ClN2O4. The lowest BCUT2D eigenvalue weighted by Gasteiger charge is -2.19. The highest BCUT2D eigenvalue weighted by atomic mass is 35.5. The van der Waals surface area contributed by atoms with Gasteiger partial charge in [0.2, 0.25) is 0 Å². The normalized spacial score (nSPS) is 14.6. The molecule has 0 aliphatic heterocycles. The van der Waals surface area contributed by atoms with Gasteiger partial charge in [-0.3, -0.25) is 14.9 Å². The van der Waals surface area contributed by atoms with Crippen LogP contribution in [0.5, 0.6) is 5.75 Å². The number of benzene rings is 2. The summed E-state index contributed by atoms with van der Waals surface area (Å²) in [6, 6.07) is 11.3. The second-order valence-corrected chi connectivity index (χ2v) is 6.39. The van der Waals surface area contributed by atoms with Crippen LogP contribution in [0.1, 0.15) is 34.8 Å². The quantitative estimate of drug-likeness (QED) is 0.620. The van der Waals surface area contributed by atoms with Crippen molar-refractivity contribution in [3.63, 3.8) is 0 Å². The lowest BCUT2D eigenvalue weighted by atomic mass is 10.0. The van der Waals surface area contributed by atoms with Crippen LogP contribution in [-0.4, -0.2) is 17.9 Å². The SMILES string of the molecule is COc1ccc(C(NC(=O)c2ccc([N+](=O)[O-])cc2Cl)C2CC2)cc1. The van der Waals surface area contributed by atoms with Crippen LogP contribution in [0.15, 0.2) is 42.5 Å². The highest BCUT2D eigenvalue weighted by Crippen LogP contribution is 2.41. The topological polar surface area (TPSA) is 81.5 Å². The average molecular weight is 361 g/mol. The first kappa shape index (κ1) is 17.2. The first-order valence-electron chi connectivity index (χ1n) is 7.88. The van der Waals surface area contributed by atoms with Crippen LogP contribution in [0, 0.1) is 16.0 Å². The Morgan fingerprint density at radius 1 is 1.28 bits per heavy atom. The molecule has 25 heavy (non-hydrogen) atoms. The van der Waals surface area contributed by atoms with Gasteiger partial charge < -0.3 is 10.1 Å². The number of nitrogens with zero attached hydrogens (tertiary/aromatic N) is 1. The molecular weight excluding hydrogens is 344 g/mol. The molecule has 1 N–H and O–H groups in total. The van der Waals surface area contributed by atoms with Crippen molar-refractivity contribution in [3.05, 3.63) is 68.7 Å². The summed E-state index contributed by atoms with van der Waals surface area (Å²) in [7, 11) is 1.60. The number of methoxy groups -OCH3 is 1. The number of rotatable bonds is 6. The molecule has 1 amide bonds. The minimum Gasteiger partial charge on any atom is -0.497 e. The van der Waals surface area contributed by atoms with Crippen LogP contribution in [0.4, 0.5) is 5.69 Å². The molecule has 1 atom stereocenters. The van der Waals surface area contributed by atoms with Crippen LogP contribution in [0.25, 0.3) is 0 Å². The smallest absolute Gasteiger partial charge is 0.270 e. The molecule has 0 saturated heterocycles. The zero-order chi connectivity index (χ0) is 18.0. The van der Waals surface area contributed by atoms with Gasteiger partial charge in [-0.1, -0.05) is 23.7 Å². The third-order valence-corrected chi connectivity index (χ3v) is 4.58. The Labute approximate surface area is 149 Å². The number of amides is 1. The maximum Gasteiger partial charge on any atom is 0.270 e. The summed E-state index contributed by atoms with van der Waals surface area (Å²) >= 11 is 6.05. The Hall–Kier alpha value is -2.60. The molecule has 0 aromatic heterocycles. The summed E-state index contributed by atoms with van der Waals surface area (Å²) in [5.41, 5.74) is 1.08. The number of halogens is 1. The first-order chi connectivity index (χ1) is 12.0. The number of hydrogen-bond acceptors (Lipinski definition) is 4. The van der Waals surface area contributed by atoms with Crippen molar-refractivity contribution in [2.24, 2.45) is 5.92 Å². The number of non-ortho nitro benzene ring substituents is 1. The van der Waals surface area contributed by atoms with Crippen LogP contribution >= 0.6 is 11.6 Å². The van der Waals surface area contributed by atoms with Crippen molar-refractivity contribution in [2.75, 3.05) is 7.11 Å². The summed E-state index contributed by atoms with van der Waals surface area (Å²) in [4.78, 5) is 22.8. The van der Waals surface area contributed by atoms with E-state index in [-0.39, 0.29) is 28.2 Å². The zero-order valence-corrected chi connectivity index (χ0v) is 14.3. The number of nitro groups is 1. The number of nitro benzene ring substituents is 1. The molecule has 1 fully saturated rings. The molecule has 0 spiro atoms. The van der Waals surface area contributed by atoms with Gasteiger partial charge in [0, 0.05) is 12.1 Å². The van der Waals surface area contributed by atoms with Gasteiger partial charge in [0.25, 0.3) is 11.6 Å². The van der Waals surface area contributed by atoms with Gasteiger partial charge in [-0.2, -0.15) is 0 Å². The second-order valence-electron chi connectivity index (χ2n) is 5.98. The van der Waals surface area contributed by atoms with Crippen molar-refractivity contribution in [1.29, 1.82) is 0 Å². The maximum atomic E-state index is 12.6. The Bertz CT molecular complexity index is 803. The van der Waals surface area contributed by atoms with E-state index in [4.69, 9.17) is 16.3 Å². The van der Waals surface area contributed by atoms with Gasteiger partial charge in [-0.15, -0.1) is 0 Å². The predicted octanol–water partition coefficient (Wildman–Crippen LogP) is 4.14. The van der Waals surface area contributed by atoms with Crippen molar-refractivity contribution >= 4 is 23.2 Å². The Morgan fingerprint density at radius 3 is 2.48 bits per heavy atom. The van der Waals surface area contributed by atoms with Gasteiger partial charge in [0.15, 0.2) is 0 Å². The highest BCUT2D eigenvalue weighted by molar-refractivity contribution is 6.34. The number of carbonyl (C=O) groups is 1. The number of carbonyl (C=O) groups excluding carboxylic acids is 1. The average Bonchev–Trinajstić information content (AvgIpc) is 3.44. The second kappa shape index (κ2) is 7.11. The van der Waals surface area contributed by atoms with Crippen LogP contribution in [0.3, 0.4) is 0 Å². The van der Waals surface area contributed by atoms with Crippen LogP contribution in [-0.2, 0) is 0 Å². The van der Waals surface area contributed by atoms with E-state index in [0.29, 0.717) is 5.92 Å². The van der Waals surface area contributed by atoms with Gasteiger partial charge >= 0.3 is 0 Å². The Balaban J connectivity index is 1.80. The molecule has 3 rings (SSSR count). The van der Waals surface area contributed by atoms with E-state index in [0.717, 1.165) is 24.2 Å². The summed E-state index contributed by atoms with van der Waals surface area (Å²) < 4.78 is 5.16. The summed E-state index contributed by atoms with van der Waals surface area (Å²) in [6.07, 6.45) is 2.09. The van der Waals surface area contributed by atoms with Crippen molar-refractivity contribution in [2.45, 2.75) is 18.9 Å². The molecule has 130 valence electrons. The highest BCUT2D eigenvalue weighted by Gasteiger charge is 2.34. The molecule has 1 aliphatic rings. The maximum absolute atomic E-state index is 12.6. The fourth-order valence-corrected chi connectivity index (χ4v) is 3.00. The number of ether oxygens (including phenoxy) is 1. The number of nitrogens with one attached hydrogen (secondary N) is 1. The minimum atomic E-state index is -0.544. The molecule has 0 radical (unpaired) electrons. The van der Waals surface area contributed by atoms with E-state index in [1.165, 1.54) is 18.2 Å². The van der Waals surface area contributed by atoms with Gasteiger partial charge in [0.05, 0.1) is 28.7 Å². The van der Waals surface area contributed by atoms with Gasteiger partial charge in [-0.25, -0.2) is 0 Å². The van der Waals surface area contributed by atoms with E-state index in [1.54, 1.807) is 7.11 Å². The lowest BCUT2D eigenvalue weighted by Crippen LogP contribution is -2.30. The van der Waals surface area contributed by atoms with Gasteiger partial charge in [0.1, 0.15) is 5.75 Å². The molecule has 6 nitrogen and oxygen atoms in total.